The molecule has 1 heterocycles. The van der Waals surface area contributed by atoms with Gasteiger partial charge in [0.2, 0.25) is 6.33 Å². The van der Waals surface area contributed by atoms with Gasteiger partial charge in [0, 0.05) is 0 Å². The van der Waals surface area contributed by atoms with Crippen LogP contribution in [0.3, 0.4) is 0 Å². The molecule has 0 radical (unpaired) electrons. The maximum atomic E-state index is 5.85. The molecule has 0 aliphatic rings. The number of hydrogen-bond acceptors (Lipinski definition) is 1. The smallest absolute Gasteiger partial charge is 0.246 e. The molecule has 20 heavy (non-hydrogen) atoms. The number of benzene rings is 1. The van der Waals surface area contributed by atoms with E-state index in [4.69, 9.17) is 4.74 Å². The van der Waals surface area contributed by atoms with Crippen LogP contribution in [0, 0.1) is 5.92 Å². The van der Waals surface area contributed by atoms with Crippen molar-refractivity contribution in [2.45, 2.75) is 53.3 Å². The highest BCUT2D eigenvalue weighted by Crippen LogP contribution is 2.12. The van der Waals surface area contributed by atoms with Crippen molar-refractivity contribution in [1.82, 2.24) is 4.57 Å². The molecule has 1 aromatic carbocycles. The Morgan fingerprint density at radius 1 is 1.25 bits per heavy atom. The van der Waals surface area contributed by atoms with E-state index >= 15 is 0 Å². The molecule has 1 atom stereocenters. The van der Waals surface area contributed by atoms with Gasteiger partial charge in [-0.2, -0.15) is 0 Å². The molecule has 0 aliphatic heterocycles. The molecule has 0 saturated heterocycles. The van der Waals surface area contributed by atoms with Crippen LogP contribution in [-0.4, -0.2) is 11.2 Å². The fourth-order valence-electron chi connectivity index (χ4n) is 2.32. The first-order valence-corrected chi connectivity index (χ1v) is 7.81. The third kappa shape index (κ3) is 3.60. The molecule has 0 aliphatic carbocycles. The molecule has 1 aromatic heterocycles. The monoisotopic (exact) mass is 275 g/mol. The second-order valence-electron chi connectivity index (χ2n) is 5.63. The van der Waals surface area contributed by atoms with Crippen molar-refractivity contribution >= 4 is 11.0 Å². The molecule has 3 heteroatoms. The number of rotatable bonds is 8. The Morgan fingerprint density at radius 2 is 2.05 bits per heavy atom. The summed E-state index contributed by atoms with van der Waals surface area (Å²) in [5, 5.41) is 0. The summed E-state index contributed by atoms with van der Waals surface area (Å²) in [7, 11) is 0. The number of nitrogens with zero attached hydrogens (tertiary/aromatic N) is 2. The maximum Gasteiger partial charge on any atom is 0.246 e. The lowest BCUT2D eigenvalue weighted by Crippen LogP contribution is -2.34. The van der Waals surface area contributed by atoms with Crippen LogP contribution in [0.2, 0.25) is 0 Å². The van der Waals surface area contributed by atoms with Crippen molar-refractivity contribution < 1.29 is 9.30 Å². The summed E-state index contributed by atoms with van der Waals surface area (Å²) in [5.74, 6) is 0.629. The zero-order valence-electron chi connectivity index (χ0n) is 13.0. The normalized spacial score (nSPS) is 12.9. The van der Waals surface area contributed by atoms with Crippen molar-refractivity contribution in [1.29, 1.82) is 0 Å². The van der Waals surface area contributed by atoms with Gasteiger partial charge in [-0.15, -0.1) is 0 Å². The molecule has 0 bridgehead atoms. The van der Waals surface area contributed by atoms with E-state index in [1.54, 1.807) is 0 Å². The van der Waals surface area contributed by atoms with Gasteiger partial charge in [0.15, 0.2) is 17.8 Å². The van der Waals surface area contributed by atoms with Crippen molar-refractivity contribution in [3.63, 3.8) is 0 Å². The molecular weight excluding hydrogens is 248 g/mol. The molecule has 0 N–H and O–H groups in total. The van der Waals surface area contributed by atoms with Gasteiger partial charge in [-0.25, -0.2) is 9.13 Å². The molecule has 3 nitrogen and oxygen atoms in total. The van der Waals surface area contributed by atoms with E-state index in [0.717, 1.165) is 13.2 Å². The van der Waals surface area contributed by atoms with Gasteiger partial charge in [-0.1, -0.05) is 45.7 Å². The number of imidazole rings is 1. The molecule has 0 amide bonds. The van der Waals surface area contributed by atoms with Crippen LogP contribution in [0.4, 0.5) is 0 Å². The SMILES string of the molecule is CCCCn1c[n+](COC[C@H](C)CC)c2ccccc21. The summed E-state index contributed by atoms with van der Waals surface area (Å²) < 4.78 is 10.4. The predicted octanol–water partition coefficient (Wildman–Crippen LogP) is 3.75. The molecule has 0 spiro atoms. The topological polar surface area (TPSA) is 18.0 Å². The number of hydrogen-bond donors (Lipinski definition) is 0. The lowest BCUT2D eigenvalue weighted by molar-refractivity contribution is -0.710. The number of aromatic nitrogens is 2. The Hall–Kier alpha value is -1.35. The lowest BCUT2D eigenvalue weighted by atomic mass is 10.1. The highest BCUT2D eigenvalue weighted by atomic mass is 16.5. The molecule has 0 fully saturated rings. The Kier molecular flexibility index (Phi) is 5.60. The summed E-state index contributed by atoms with van der Waals surface area (Å²) in [6.07, 6.45) is 5.79. The van der Waals surface area contributed by atoms with Crippen molar-refractivity contribution in [3.8, 4) is 0 Å². The summed E-state index contributed by atoms with van der Waals surface area (Å²) >= 11 is 0. The minimum atomic E-state index is 0.629. The number of aryl methyl sites for hydroxylation is 1. The van der Waals surface area contributed by atoms with Gasteiger partial charge in [-0.3, -0.25) is 0 Å². The molecule has 0 unspecified atom stereocenters. The van der Waals surface area contributed by atoms with Gasteiger partial charge in [-0.05, 0) is 24.5 Å². The van der Waals surface area contributed by atoms with E-state index in [1.807, 2.05) is 0 Å². The first kappa shape index (κ1) is 15.0. The largest absolute Gasteiger partial charge is 0.341 e. The average Bonchev–Trinajstić information content (AvgIpc) is 2.83. The fraction of sp³-hybridized carbons (Fsp3) is 0.588. The third-order valence-electron chi connectivity index (χ3n) is 3.86. The van der Waals surface area contributed by atoms with Gasteiger partial charge >= 0.3 is 0 Å². The zero-order valence-corrected chi connectivity index (χ0v) is 13.0. The summed E-state index contributed by atoms with van der Waals surface area (Å²) in [6.45, 7) is 9.22. The minimum absolute atomic E-state index is 0.629. The summed E-state index contributed by atoms with van der Waals surface area (Å²) in [5.41, 5.74) is 2.56. The van der Waals surface area contributed by atoms with Crippen LogP contribution in [-0.2, 0) is 18.0 Å². The molecule has 2 rings (SSSR count). The minimum Gasteiger partial charge on any atom is -0.341 e. The number of unbranched alkanes of at least 4 members (excludes halogenated alkanes) is 1. The van der Waals surface area contributed by atoms with E-state index in [2.05, 4.69) is 60.5 Å². The highest BCUT2D eigenvalue weighted by Gasteiger charge is 2.14. The van der Waals surface area contributed by atoms with Crippen LogP contribution in [0.25, 0.3) is 11.0 Å². The first-order chi connectivity index (χ1) is 9.76. The van der Waals surface area contributed by atoms with Crippen LogP contribution >= 0.6 is 0 Å². The lowest BCUT2D eigenvalue weighted by Gasteiger charge is -2.07. The Morgan fingerprint density at radius 3 is 2.80 bits per heavy atom. The second-order valence-corrected chi connectivity index (χ2v) is 5.63. The van der Waals surface area contributed by atoms with Gasteiger partial charge in [0.25, 0.3) is 0 Å². The fourth-order valence-corrected chi connectivity index (χ4v) is 2.32. The highest BCUT2D eigenvalue weighted by molar-refractivity contribution is 5.71. The summed E-state index contributed by atoms with van der Waals surface area (Å²) in [6, 6.07) is 8.56. The van der Waals surface area contributed by atoms with Crippen molar-refractivity contribution in [2.75, 3.05) is 6.61 Å². The predicted molar refractivity (Wildman–Crippen MR) is 82.4 cm³/mol. The number of para-hydroxylation sites is 2. The molecule has 0 saturated carbocycles. The van der Waals surface area contributed by atoms with Crippen molar-refractivity contribution in [3.05, 3.63) is 30.6 Å². The Balaban J connectivity index is 2.11. The van der Waals surface area contributed by atoms with Crippen molar-refractivity contribution in [2.24, 2.45) is 5.92 Å². The van der Waals surface area contributed by atoms with Gasteiger partial charge in [0.1, 0.15) is 0 Å². The van der Waals surface area contributed by atoms with E-state index in [0.29, 0.717) is 12.6 Å². The third-order valence-corrected chi connectivity index (χ3v) is 3.86. The molecular formula is C17H27N2O+. The van der Waals surface area contributed by atoms with Gasteiger partial charge in [0.05, 0.1) is 13.2 Å². The quantitative estimate of drug-likeness (QED) is 0.671. The molecule has 2 aromatic rings. The maximum absolute atomic E-state index is 5.85. The zero-order chi connectivity index (χ0) is 14.4. The van der Waals surface area contributed by atoms with Crippen LogP contribution < -0.4 is 4.57 Å². The number of ether oxygens (including phenoxy) is 1. The number of fused-ring (bicyclic) bond motifs is 1. The standard InChI is InChI=1S/C17H27N2O/c1-4-6-11-18-13-19(14-20-12-15(3)5-2)17-10-8-7-9-16(17)18/h7-10,13,15H,4-6,11-12,14H2,1-3H3/q+1/t15-/m1/s1. The van der Waals surface area contributed by atoms with E-state index < -0.39 is 0 Å². The van der Waals surface area contributed by atoms with Gasteiger partial charge < -0.3 is 4.74 Å². The van der Waals surface area contributed by atoms with Crippen LogP contribution in [0.1, 0.15) is 40.0 Å². The van der Waals surface area contributed by atoms with Crippen LogP contribution in [0.5, 0.6) is 0 Å². The second kappa shape index (κ2) is 7.44. The van der Waals surface area contributed by atoms with Crippen LogP contribution in [0.15, 0.2) is 30.6 Å². The first-order valence-electron chi connectivity index (χ1n) is 7.81. The van der Waals surface area contributed by atoms with E-state index in [9.17, 15) is 0 Å². The Bertz CT molecular complexity index is 533. The van der Waals surface area contributed by atoms with E-state index in [1.165, 1.54) is 30.3 Å². The summed E-state index contributed by atoms with van der Waals surface area (Å²) in [4.78, 5) is 0. The average molecular weight is 275 g/mol. The van der Waals surface area contributed by atoms with E-state index in [-0.39, 0.29) is 0 Å². The Labute approximate surface area is 122 Å². The molecule has 110 valence electrons.